The first-order chi connectivity index (χ1) is 10.5. The van der Waals surface area contributed by atoms with Gasteiger partial charge in [-0.05, 0) is 66.7 Å². The molecule has 0 aliphatic heterocycles. The van der Waals surface area contributed by atoms with Crippen LogP contribution in [0.25, 0.3) is 0 Å². The molecule has 2 fully saturated rings. The smallest absolute Gasteiger partial charge is 0.162 e. The predicted molar refractivity (Wildman–Crippen MR) is 84.0 cm³/mol. The van der Waals surface area contributed by atoms with Gasteiger partial charge in [-0.2, -0.15) is 0 Å². The number of aliphatic hydroxyl groups excluding tert-OH is 1. The lowest BCUT2D eigenvalue weighted by Crippen LogP contribution is -2.44. The maximum absolute atomic E-state index is 12.1. The van der Waals surface area contributed by atoms with E-state index in [1.807, 2.05) is 0 Å². The van der Waals surface area contributed by atoms with E-state index < -0.39 is 6.10 Å². The number of fused-ring (bicyclic) bond motifs is 5. The quantitative estimate of drug-likeness (QED) is 0.867. The van der Waals surface area contributed by atoms with Gasteiger partial charge in [0.25, 0.3) is 0 Å². The van der Waals surface area contributed by atoms with Gasteiger partial charge in [0.05, 0.1) is 7.11 Å². The summed E-state index contributed by atoms with van der Waals surface area (Å²) in [6.45, 7) is 2.13. The third-order valence-corrected chi connectivity index (χ3v) is 6.72. The van der Waals surface area contributed by atoms with E-state index in [0.29, 0.717) is 24.2 Å². The Labute approximate surface area is 131 Å². The molecule has 22 heavy (non-hydrogen) atoms. The molecule has 0 aromatic heterocycles. The number of hydrogen-bond acceptors (Lipinski definition) is 3. The number of aryl methyl sites for hydroxylation is 1. The molecule has 0 amide bonds. The highest BCUT2D eigenvalue weighted by Gasteiger charge is 2.57. The molecule has 0 spiro atoms. The number of carbonyl (C=O) groups is 1. The summed E-state index contributed by atoms with van der Waals surface area (Å²) in [4.78, 5) is 12.1. The second-order valence-electron chi connectivity index (χ2n) is 7.60. The number of benzene rings is 1. The fourth-order valence-corrected chi connectivity index (χ4v) is 5.45. The Morgan fingerprint density at radius 2 is 2.14 bits per heavy atom. The van der Waals surface area contributed by atoms with Crippen molar-refractivity contribution in [1.29, 1.82) is 0 Å². The Morgan fingerprint density at radius 3 is 2.91 bits per heavy atom. The largest absolute Gasteiger partial charge is 0.497 e. The zero-order valence-corrected chi connectivity index (χ0v) is 13.3. The molecule has 0 heterocycles. The van der Waals surface area contributed by atoms with E-state index in [4.69, 9.17) is 4.74 Å². The number of methoxy groups -OCH3 is 1. The van der Waals surface area contributed by atoms with E-state index in [1.54, 1.807) is 7.11 Å². The highest BCUT2D eigenvalue weighted by atomic mass is 16.5. The normalized spacial score (nSPS) is 39.9. The average molecular weight is 300 g/mol. The molecule has 1 aromatic carbocycles. The van der Waals surface area contributed by atoms with Gasteiger partial charge in [-0.25, -0.2) is 0 Å². The van der Waals surface area contributed by atoms with Crippen LogP contribution < -0.4 is 4.74 Å². The van der Waals surface area contributed by atoms with Crippen molar-refractivity contribution < 1.29 is 14.6 Å². The molecule has 1 aromatic rings. The fourth-order valence-electron chi connectivity index (χ4n) is 5.45. The van der Waals surface area contributed by atoms with Crippen LogP contribution in [0.15, 0.2) is 18.2 Å². The number of Topliss-reactive ketones (excluding diaryl/α,β-unsaturated/α-hetero) is 1. The first kappa shape index (κ1) is 14.3. The molecule has 3 heteroatoms. The van der Waals surface area contributed by atoms with Crippen molar-refractivity contribution in [2.75, 3.05) is 7.11 Å². The maximum atomic E-state index is 12.1. The van der Waals surface area contributed by atoms with E-state index >= 15 is 0 Å². The monoisotopic (exact) mass is 300 g/mol. The zero-order valence-electron chi connectivity index (χ0n) is 13.3. The molecule has 4 rings (SSSR count). The molecule has 5 atom stereocenters. The van der Waals surface area contributed by atoms with Crippen molar-refractivity contribution in [3.63, 3.8) is 0 Å². The molecule has 0 bridgehead atoms. The summed E-state index contributed by atoms with van der Waals surface area (Å²) in [6.07, 6.45) is 4.06. The number of carbonyl (C=O) groups excluding carboxylic acids is 1. The molecule has 2 saturated carbocycles. The van der Waals surface area contributed by atoms with Gasteiger partial charge in [0.1, 0.15) is 11.9 Å². The maximum Gasteiger partial charge on any atom is 0.162 e. The van der Waals surface area contributed by atoms with Gasteiger partial charge < -0.3 is 9.84 Å². The van der Waals surface area contributed by atoms with Crippen LogP contribution in [0.5, 0.6) is 5.75 Å². The van der Waals surface area contributed by atoms with Crippen molar-refractivity contribution in [2.45, 2.75) is 51.0 Å². The van der Waals surface area contributed by atoms with E-state index in [2.05, 4.69) is 25.1 Å². The summed E-state index contributed by atoms with van der Waals surface area (Å²) in [5.74, 6) is 2.44. The molecular formula is C19H24O3. The summed E-state index contributed by atoms with van der Waals surface area (Å²) >= 11 is 0. The van der Waals surface area contributed by atoms with Crippen molar-refractivity contribution in [2.24, 2.45) is 17.3 Å². The molecule has 3 aliphatic carbocycles. The Balaban J connectivity index is 1.70. The number of aliphatic hydroxyl groups is 1. The molecule has 0 radical (unpaired) electrons. The molecule has 1 N–H and O–H groups in total. The van der Waals surface area contributed by atoms with Gasteiger partial charge in [-0.3, -0.25) is 4.79 Å². The predicted octanol–water partition coefficient (Wildman–Crippen LogP) is 3.09. The Bertz CT molecular complexity index is 623. The van der Waals surface area contributed by atoms with Crippen molar-refractivity contribution in [1.82, 2.24) is 0 Å². The van der Waals surface area contributed by atoms with Crippen LogP contribution in [-0.4, -0.2) is 24.1 Å². The minimum atomic E-state index is -0.740. The van der Waals surface area contributed by atoms with E-state index in [9.17, 15) is 9.90 Å². The minimum absolute atomic E-state index is 0.0636. The highest BCUT2D eigenvalue weighted by molar-refractivity contribution is 5.86. The molecule has 0 saturated heterocycles. The molecule has 0 unspecified atom stereocenters. The van der Waals surface area contributed by atoms with Gasteiger partial charge in [0, 0.05) is 11.8 Å². The van der Waals surface area contributed by atoms with Gasteiger partial charge >= 0.3 is 0 Å². The Hall–Kier alpha value is -1.35. The number of ketones is 1. The second-order valence-corrected chi connectivity index (χ2v) is 7.60. The van der Waals surface area contributed by atoms with Crippen LogP contribution >= 0.6 is 0 Å². The standard InChI is InChI=1S/C19H24O3/c1-19-8-7-14-13-6-4-12(22-2)9-11(13)3-5-15(14)16(19)10-17(20)18(19)21/h4,6,9,14-16,18,21H,3,5,7-8,10H2,1-2H3/t14-,15+,16+,18+,19-/m1/s1. The van der Waals surface area contributed by atoms with Crippen molar-refractivity contribution in [3.8, 4) is 5.75 Å². The van der Waals surface area contributed by atoms with Gasteiger partial charge in [-0.1, -0.05) is 13.0 Å². The van der Waals surface area contributed by atoms with Crippen molar-refractivity contribution in [3.05, 3.63) is 29.3 Å². The van der Waals surface area contributed by atoms with Crippen LogP contribution in [0.1, 0.15) is 49.7 Å². The summed E-state index contributed by atoms with van der Waals surface area (Å²) in [7, 11) is 1.71. The lowest BCUT2D eigenvalue weighted by molar-refractivity contribution is -0.128. The van der Waals surface area contributed by atoms with Crippen LogP contribution in [0.4, 0.5) is 0 Å². The minimum Gasteiger partial charge on any atom is -0.497 e. The van der Waals surface area contributed by atoms with E-state index in [-0.39, 0.29) is 11.2 Å². The Morgan fingerprint density at radius 1 is 1.32 bits per heavy atom. The zero-order chi connectivity index (χ0) is 15.5. The van der Waals surface area contributed by atoms with Crippen molar-refractivity contribution >= 4 is 5.78 Å². The van der Waals surface area contributed by atoms with Gasteiger partial charge in [-0.15, -0.1) is 0 Å². The molecular weight excluding hydrogens is 276 g/mol. The summed E-state index contributed by atoms with van der Waals surface area (Å²) < 4.78 is 5.35. The first-order valence-corrected chi connectivity index (χ1v) is 8.42. The summed E-state index contributed by atoms with van der Waals surface area (Å²) in [5.41, 5.74) is 2.67. The third-order valence-electron chi connectivity index (χ3n) is 6.72. The van der Waals surface area contributed by atoms with Gasteiger partial charge in [0.15, 0.2) is 5.78 Å². The fraction of sp³-hybridized carbons (Fsp3) is 0.632. The molecule has 3 nitrogen and oxygen atoms in total. The lowest BCUT2D eigenvalue weighted by Gasteiger charge is -2.49. The molecule has 3 aliphatic rings. The number of ether oxygens (including phenoxy) is 1. The van der Waals surface area contributed by atoms with Crippen LogP contribution in [0, 0.1) is 17.3 Å². The number of hydrogen-bond donors (Lipinski definition) is 1. The third kappa shape index (κ3) is 1.81. The Kier molecular flexibility index (Phi) is 3.12. The summed E-state index contributed by atoms with van der Waals surface area (Å²) in [5, 5.41) is 10.3. The van der Waals surface area contributed by atoms with Crippen LogP contribution in [0.3, 0.4) is 0 Å². The topological polar surface area (TPSA) is 46.5 Å². The first-order valence-electron chi connectivity index (χ1n) is 8.42. The van der Waals surface area contributed by atoms with Crippen LogP contribution in [0.2, 0.25) is 0 Å². The highest BCUT2D eigenvalue weighted by Crippen LogP contribution is 2.60. The van der Waals surface area contributed by atoms with Crippen LogP contribution in [-0.2, 0) is 11.2 Å². The average Bonchev–Trinajstić information content (AvgIpc) is 2.77. The van der Waals surface area contributed by atoms with E-state index in [1.165, 1.54) is 11.1 Å². The number of rotatable bonds is 1. The van der Waals surface area contributed by atoms with E-state index in [0.717, 1.165) is 31.4 Å². The summed E-state index contributed by atoms with van der Waals surface area (Å²) in [6, 6.07) is 6.46. The molecule has 118 valence electrons. The second kappa shape index (κ2) is 4.82. The SMILES string of the molecule is COc1ccc2c(c1)CC[C@H]1[C@@H]2CC[C@@]2(C)[C@@H](O)C(=O)C[C@@H]12. The lowest BCUT2D eigenvalue weighted by atomic mass is 9.55. The van der Waals surface area contributed by atoms with Gasteiger partial charge in [0.2, 0.25) is 0 Å².